The van der Waals surface area contributed by atoms with Gasteiger partial charge in [-0.3, -0.25) is 4.79 Å². The third-order valence-corrected chi connectivity index (χ3v) is 3.10. The summed E-state index contributed by atoms with van der Waals surface area (Å²) < 4.78 is 13.6. The first-order chi connectivity index (χ1) is 8.58. The summed E-state index contributed by atoms with van der Waals surface area (Å²) in [6.45, 7) is 1.80. The number of aromatic nitrogens is 2. The van der Waals surface area contributed by atoms with E-state index in [9.17, 15) is 9.18 Å². The van der Waals surface area contributed by atoms with E-state index in [1.807, 2.05) is 0 Å². The Morgan fingerprint density at radius 2 is 2.33 bits per heavy atom. The molecular weight excluding hydrogens is 301 g/mol. The molecule has 4 nitrogen and oxygen atoms in total. The molecule has 0 spiro atoms. The molecule has 1 amide bonds. The van der Waals surface area contributed by atoms with Crippen LogP contribution in [0.2, 0.25) is 0 Å². The first-order valence-corrected chi connectivity index (χ1v) is 6.12. The van der Waals surface area contributed by atoms with Crippen LogP contribution in [-0.4, -0.2) is 15.9 Å². The molecule has 2 rings (SSSR count). The van der Waals surface area contributed by atoms with Gasteiger partial charge >= 0.3 is 0 Å². The van der Waals surface area contributed by atoms with E-state index in [0.717, 1.165) is 0 Å². The topological polar surface area (TPSA) is 57.8 Å². The Kier molecular flexibility index (Phi) is 3.76. The quantitative estimate of drug-likeness (QED) is 0.915. The average molecular weight is 312 g/mol. The van der Waals surface area contributed by atoms with E-state index in [0.29, 0.717) is 10.3 Å². The Labute approximate surface area is 112 Å². The molecule has 18 heavy (non-hydrogen) atoms. The van der Waals surface area contributed by atoms with Crippen molar-refractivity contribution in [1.29, 1.82) is 0 Å². The molecule has 0 radical (unpaired) electrons. The maximum atomic E-state index is 13.3. The molecule has 0 saturated heterocycles. The van der Waals surface area contributed by atoms with Crippen LogP contribution in [0.4, 0.5) is 4.39 Å². The second-order valence-corrected chi connectivity index (χ2v) is 4.65. The van der Waals surface area contributed by atoms with Crippen molar-refractivity contribution < 1.29 is 9.18 Å². The number of hydrogen-bond donors (Lipinski definition) is 2. The summed E-state index contributed by atoms with van der Waals surface area (Å²) in [4.78, 5) is 18.8. The van der Waals surface area contributed by atoms with Crippen molar-refractivity contribution in [2.75, 3.05) is 0 Å². The van der Waals surface area contributed by atoms with Gasteiger partial charge in [-0.25, -0.2) is 9.37 Å². The minimum absolute atomic E-state index is 0.265. The Morgan fingerprint density at radius 1 is 1.56 bits per heavy atom. The molecule has 0 saturated carbocycles. The van der Waals surface area contributed by atoms with Crippen LogP contribution < -0.4 is 5.32 Å². The molecule has 1 aromatic heterocycles. The minimum atomic E-state index is -0.465. The first-order valence-electron chi connectivity index (χ1n) is 5.33. The number of imidazole rings is 1. The van der Waals surface area contributed by atoms with E-state index in [2.05, 4.69) is 31.2 Å². The van der Waals surface area contributed by atoms with Gasteiger partial charge in [0.05, 0.1) is 10.5 Å². The lowest BCUT2D eigenvalue weighted by Crippen LogP contribution is -2.27. The highest BCUT2D eigenvalue weighted by Gasteiger charge is 2.14. The zero-order valence-corrected chi connectivity index (χ0v) is 11.2. The number of H-pyrrole nitrogens is 1. The predicted molar refractivity (Wildman–Crippen MR) is 68.6 cm³/mol. The van der Waals surface area contributed by atoms with Gasteiger partial charge in [-0.15, -0.1) is 0 Å². The number of benzene rings is 1. The second-order valence-electron chi connectivity index (χ2n) is 3.80. The van der Waals surface area contributed by atoms with Crippen molar-refractivity contribution in [1.82, 2.24) is 15.3 Å². The summed E-state index contributed by atoms with van der Waals surface area (Å²) in [5, 5.41) is 2.73. The fourth-order valence-corrected chi connectivity index (χ4v) is 1.75. The fourth-order valence-electron chi connectivity index (χ4n) is 1.50. The molecule has 0 bridgehead atoms. The van der Waals surface area contributed by atoms with E-state index in [1.54, 1.807) is 25.4 Å². The van der Waals surface area contributed by atoms with Gasteiger partial charge in [-0.05, 0) is 41.1 Å². The molecule has 1 heterocycles. The number of hydrogen-bond acceptors (Lipinski definition) is 2. The Hall–Kier alpha value is -1.69. The van der Waals surface area contributed by atoms with Crippen LogP contribution in [0.1, 0.15) is 29.1 Å². The third-order valence-electron chi connectivity index (χ3n) is 2.46. The van der Waals surface area contributed by atoms with Gasteiger partial charge in [0.15, 0.2) is 0 Å². The molecule has 0 aliphatic heterocycles. The molecular formula is C12H11BrFN3O. The number of halogens is 2. The van der Waals surface area contributed by atoms with Gasteiger partial charge in [-0.1, -0.05) is 0 Å². The van der Waals surface area contributed by atoms with E-state index in [4.69, 9.17) is 0 Å². The van der Waals surface area contributed by atoms with Crippen LogP contribution in [-0.2, 0) is 0 Å². The predicted octanol–water partition coefficient (Wildman–Crippen LogP) is 2.80. The number of nitrogens with zero attached hydrogens (tertiary/aromatic N) is 1. The summed E-state index contributed by atoms with van der Waals surface area (Å²) in [6.07, 6.45) is 3.29. The van der Waals surface area contributed by atoms with E-state index in [1.165, 1.54) is 12.1 Å². The standard InChI is InChI=1S/C12H11BrFN3O/c1-7(11-15-4-5-16-11)17-12(18)8-2-3-9(13)10(14)6-8/h2-7H,1H3,(H,15,16)(H,17,18). The summed E-state index contributed by atoms with van der Waals surface area (Å²) in [5.41, 5.74) is 0.272. The van der Waals surface area contributed by atoms with Crippen molar-refractivity contribution in [3.8, 4) is 0 Å². The van der Waals surface area contributed by atoms with E-state index < -0.39 is 5.82 Å². The number of rotatable bonds is 3. The highest BCUT2D eigenvalue weighted by atomic mass is 79.9. The van der Waals surface area contributed by atoms with Crippen molar-refractivity contribution in [2.45, 2.75) is 13.0 Å². The lowest BCUT2D eigenvalue weighted by atomic mass is 10.2. The summed E-state index contributed by atoms with van der Waals surface area (Å²) >= 11 is 3.04. The Bertz CT molecular complexity index is 556. The lowest BCUT2D eigenvalue weighted by molar-refractivity contribution is 0.0938. The SMILES string of the molecule is CC(NC(=O)c1ccc(Br)c(F)c1)c1ncc[nH]1. The number of nitrogens with one attached hydrogen (secondary N) is 2. The van der Waals surface area contributed by atoms with Gasteiger partial charge in [0.1, 0.15) is 11.6 Å². The average Bonchev–Trinajstić information content (AvgIpc) is 2.86. The van der Waals surface area contributed by atoms with E-state index in [-0.39, 0.29) is 17.5 Å². The molecule has 0 fully saturated rings. The van der Waals surface area contributed by atoms with Crippen molar-refractivity contribution in [3.63, 3.8) is 0 Å². The number of aromatic amines is 1. The minimum Gasteiger partial charge on any atom is -0.347 e. The molecule has 1 aromatic carbocycles. The molecule has 1 unspecified atom stereocenters. The van der Waals surface area contributed by atoms with Crippen LogP contribution in [0.15, 0.2) is 35.1 Å². The highest BCUT2D eigenvalue weighted by molar-refractivity contribution is 9.10. The number of amides is 1. The van der Waals surface area contributed by atoms with Gasteiger partial charge in [0.2, 0.25) is 0 Å². The van der Waals surface area contributed by atoms with E-state index >= 15 is 0 Å². The van der Waals surface area contributed by atoms with Gasteiger partial charge in [-0.2, -0.15) is 0 Å². The summed E-state index contributed by atoms with van der Waals surface area (Å²) in [7, 11) is 0. The number of carbonyl (C=O) groups excluding carboxylic acids is 1. The van der Waals surface area contributed by atoms with Crippen LogP contribution in [0.3, 0.4) is 0 Å². The van der Waals surface area contributed by atoms with Crippen LogP contribution in [0.25, 0.3) is 0 Å². The first kappa shape index (κ1) is 12.8. The zero-order valence-electron chi connectivity index (χ0n) is 9.58. The normalized spacial score (nSPS) is 12.2. The fraction of sp³-hybridized carbons (Fsp3) is 0.167. The van der Waals surface area contributed by atoms with Crippen molar-refractivity contribution in [3.05, 3.63) is 52.3 Å². The Balaban J connectivity index is 2.10. The van der Waals surface area contributed by atoms with Crippen LogP contribution >= 0.6 is 15.9 Å². The monoisotopic (exact) mass is 311 g/mol. The van der Waals surface area contributed by atoms with Gasteiger partial charge < -0.3 is 10.3 Å². The van der Waals surface area contributed by atoms with Crippen LogP contribution in [0.5, 0.6) is 0 Å². The highest BCUT2D eigenvalue weighted by Crippen LogP contribution is 2.17. The largest absolute Gasteiger partial charge is 0.347 e. The molecule has 6 heteroatoms. The van der Waals surface area contributed by atoms with Gasteiger partial charge in [0, 0.05) is 18.0 Å². The number of carbonyl (C=O) groups is 1. The van der Waals surface area contributed by atoms with Crippen molar-refractivity contribution in [2.24, 2.45) is 0 Å². The maximum absolute atomic E-state index is 13.3. The van der Waals surface area contributed by atoms with Crippen LogP contribution in [0, 0.1) is 5.82 Å². The lowest BCUT2D eigenvalue weighted by Gasteiger charge is -2.11. The summed E-state index contributed by atoms with van der Waals surface area (Å²) in [5.74, 6) is -0.153. The Morgan fingerprint density at radius 3 is 2.94 bits per heavy atom. The smallest absolute Gasteiger partial charge is 0.251 e. The second kappa shape index (κ2) is 5.30. The molecule has 94 valence electrons. The summed E-state index contributed by atoms with van der Waals surface area (Å²) in [6, 6.07) is 3.98. The zero-order chi connectivity index (χ0) is 13.1. The third kappa shape index (κ3) is 2.76. The molecule has 0 aliphatic rings. The van der Waals surface area contributed by atoms with Gasteiger partial charge in [0.25, 0.3) is 5.91 Å². The van der Waals surface area contributed by atoms with Crippen molar-refractivity contribution >= 4 is 21.8 Å². The maximum Gasteiger partial charge on any atom is 0.251 e. The molecule has 2 N–H and O–H groups in total. The molecule has 2 aromatic rings. The molecule has 0 aliphatic carbocycles. The molecule has 1 atom stereocenters.